The van der Waals surface area contributed by atoms with Crippen molar-refractivity contribution in [3.8, 4) is 0 Å². The van der Waals surface area contributed by atoms with Crippen molar-refractivity contribution in [2.75, 3.05) is 13.1 Å². The number of nitrogens with zero attached hydrogens (tertiary/aromatic N) is 6. The van der Waals surface area contributed by atoms with E-state index < -0.39 is 0 Å². The van der Waals surface area contributed by atoms with Gasteiger partial charge in [-0.3, -0.25) is 14.4 Å². The predicted molar refractivity (Wildman–Crippen MR) is 79.8 cm³/mol. The summed E-state index contributed by atoms with van der Waals surface area (Å²) in [7, 11) is 0. The van der Waals surface area contributed by atoms with Crippen LogP contribution in [0.15, 0.2) is 12.4 Å². The molecule has 1 N–H and O–H groups in total. The molecule has 0 saturated carbocycles. The van der Waals surface area contributed by atoms with Gasteiger partial charge in [0.15, 0.2) is 0 Å². The summed E-state index contributed by atoms with van der Waals surface area (Å²) in [4.78, 5) is 13.4. The average molecular weight is 303 g/mol. The van der Waals surface area contributed by atoms with E-state index in [1.165, 1.54) is 12.6 Å². The maximum atomic E-state index is 11.0. The molecule has 2 aromatic rings. The summed E-state index contributed by atoms with van der Waals surface area (Å²) in [5.41, 5.74) is 2.12. The number of carbonyl (C=O) groups is 1. The molecule has 3 rings (SSSR count). The Hall–Kier alpha value is -2.22. The first kappa shape index (κ1) is 14.7. The number of aromatic nitrogens is 5. The molecule has 8 heteroatoms. The van der Waals surface area contributed by atoms with Crippen LogP contribution < -0.4 is 5.32 Å². The van der Waals surface area contributed by atoms with E-state index in [1.807, 2.05) is 11.6 Å². The van der Waals surface area contributed by atoms with E-state index in [9.17, 15) is 4.79 Å². The number of carbonyl (C=O) groups excluding carboxylic acids is 1. The Labute approximate surface area is 129 Å². The molecule has 3 heterocycles. The van der Waals surface area contributed by atoms with Gasteiger partial charge in [0.2, 0.25) is 5.91 Å². The van der Waals surface area contributed by atoms with Gasteiger partial charge in [0.25, 0.3) is 0 Å². The van der Waals surface area contributed by atoms with Crippen molar-refractivity contribution in [3.63, 3.8) is 0 Å². The molecular weight excluding hydrogens is 282 g/mol. The number of amides is 1. The molecule has 0 unspecified atom stereocenters. The fourth-order valence-electron chi connectivity index (χ4n) is 2.65. The van der Waals surface area contributed by atoms with E-state index in [-0.39, 0.29) is 5.91 Å². The maximum absolute atomic E-state index is 11.0. The topological polar surface area (TPSA) is 80.9 Å². The van der Waals surface area contributed by atoms with Crippen LogP contribution in [0.4, 0.5) is 0 Å². The fraction of sp³-hybridized carbons (Fsp3) is 0.571. The zero-order chi connectivity index (χ0) is 15.5. The summed E-state index contributed by atoms with van der Waals surface area (Å²) in [6.07, 6.45) is 1.77. The molecule has 0 spiro atoms. The van der Waals surface area contributed by atoms with Gasteiger partial charge in [-0.25, -0.2) is 0 Å². The molecule has 0 aromatic carbocycles. The van der Waals surface area contributed by atoms with E-state index in [1.54, 1.807) is 6.33 Å². The van der Waals surface area contributed by atoms with Gasteiger partial charge in [0.05, 0.1) is 24.5 Å². The third-order valence-electron chi connectivity index (χ3n) is 3.91. The number of fused-ring (bicyclic) bond motifs is 1. The highest BCUT2D eigenvalue weighted by Gasteiger charge is 2.18. The zero-order valence-electron chi connectivity index (χ0n) is 13.0. The molecule has 1 amide bonds. The SMILES string of the molecule is CC(=O)NCc1cc2n(n1)CCN(CCn1cnnc1C)C2. The van der Waals surface area contributed by atoms with Crippen molar-refractivity contribution in [2.24, 2.45) is 0 Å². The smallest absolute Gasteiger partial charge is 0.217 e. The van der Waals surface area contributed by atoms with Crippen molar-refractivity contribution < 1.29 is 4.79 Å². The van der Waals surface area contributed by atoms with Crippen LogP contribution in [-0.2, 0) is 31.0 Å². The number of aryl methyl sites for hydroxylation is 1. The van der Waals surface area contributed by atoms with Crippen molar-refractivity contribution in [2.45, 2.75) is 40.0 Å². The van der Waals surface area contributed by atoms with E-state index in [0.29, 0.717) is 6.54 Å². The van der Waals surface area contributed by atoms with Gasteiger partial charge in [-0.15, -0.1) is 10.2 Å². The molecule has 2 aromatic heterocycles. The van der Waals surface area contributed by atoms with Crippen LogP contribution in [0.5, 0.6) is 0 Å². The molecule has 22 heavy (non-hydrogen) atoms. The molecule has 8 nitrogen and oxygen atoms in total. The zero-order valence-corrected chi connectivity index (χ0v) is 13.0. The molecule has 0 bridgehead atoms. The van der Waals surface area contributed by atoms with Crippen LogP contribution in [0, 0.1) is 6.92 Å². The van der Waals surface area contributed by atoms with Crippen LogP contribution in [0.1, 0.15) is 24.1 Å². The van der Waals surface area contributed by atoms with Crippen molar-refractivity contribution in [1.29, 1.82) is 0 Å². The molecule has 0 atom stereocenters. The van der Waals surface area contributed by atoms with Crippen LogP contribution in [-0.4, -0.2) is 48.4 Å². The minimum atomic E-state index is -0.0306. The van der Waals surface area contributed by atoms with Gasteiger partial charge < -0.3 is 9.88 Å². The third-order valence-corrected chi connectivity index (χ3v) is 3.91. The van der Waals surface area contributed by atoms with Crippen LogP contribution >= 0.6 is 0 Å². The van der Waals surface area contributed by atoms with Gasteiger partial charge >= 0.3 is 0 Å². The summed E-state index contributed by atoms with van der Waals surface area (Å²) in [6.45, 7) is 8.59. The minimum absolute atomic E-state index is 0.0306. The van der Waals surface area contributed by atoms with E-state index in [2.05, 4.69) is 36.1 Å². The first-order chi connectivity index (χ1) is 10.6. The summed E-state index contributed by atoms with van der Waals surface area (Å²) < 4.78 is 4.10. The van der Waals surface area contributed by atoms with Crippen molar-refractivity contribution in [3.05, 3.63) is 29.6 Å². The van der Waals surface area contributed by atoms with E-state index in [4.69, 9.17) is 0 Å². The number of rotatable bonds is 5. The maximum Gasteiger partial charge on any atom is 0.217 e. The molecule has 0 saturated heterocycles. The molecule has 1 aliphatic rings. The van der Waals surface area contributed by atoms with Gasteiger partial charge in [0.1, 0.15) is 12.2 Å². The Kier molecular flexibility index (Phi) is 4.19. The highest BCUT2D eigenvalue weighted by Crippen LogP contribution is 2.13. The van der Waals surface area contributed by atoms with Gasteiger partial charge in [-0.2, -0.15) is 5.10 Å². The van der Waals surface area contributed by atoms with Crippen LogP contribution in [0.3, 0.4) is 0 Å². The Morgan fingerprint density at radius 2 is 2.23 bits per heavy atom. The monoisotopic (exact) mass is 303 g/mol. The minimum Gasteiger partial charge on any atom is -0.351 e. The highest BCUT2D eigenvalue weighted by molar-refractivity contribution is 5.72. The lowest BCUT2D eigenvalue weighted by Crippen LogP contribution is -2.36. The molecular formula is C14H21N7O. The first-order valence-electron chi connectivity index (χ1n) is 7.48. The Morgan fingerprint density at radius 3 is 2.95 bits per heavy atom. The lowest BCUT2D eigenvalue weighted by atomic mass is 10.2. The van der Waals surface area contributed by atoms with Crippen molar-refractivity contribution in [1.82, 2.24) is 34.8 Å². The number of hydrogen-bond acceptors (Lipinski definition) is 5. The molecule has 0 aliphatic carbocycles. The van der Waals surface area contributed by atoms with Gasteiger partial charge in [-0.1, -0.05) is 0 Å². The number of hydrogen-bond donors (Lipinski definition) is 1. The Morgan fingerprint density at radius 1 is 1.36 bits per heavy atom. The normalized spacial score (nSPS) is 14.8. The van der Waals surface area contributed by atoms with Crippen molar-refractivity contribution >= 4 is 5.91 Å². The molecule has 0 radical (unpaired) electrons. The first-order valence-corrected chi connectivity index (χ1v) is 7.48. The van der Waals surface area contributed by atoms with E-state index >= 15 is 0 Å². The molecule has 118 valence electrons. The van der Waals surface area contributed by atoms with Crippen LogP contribution in [0.25, 0.3) is 0 Å². The average Bonchev–Trinajstić information content (AvgIpc) is 3.08. The summed E-state index contributed by atoms with van der Waals surface area (Å²) in [5.74, 6) is 0.913. The molecule has 1 aliphatic heterocycles. The second-order valence-corrected chi connectivity index (χ2v) is 5.61. The van der Waals surface area contributed by atoms with Gasteiger partial charge in [0, 0.05) is 33.1 Å². The lowest BCUT2D eigenvalue weighted by Gasteiger charge is -2.27. The molecule has 0 fully saturated rings. The Bertz CT molecular complexity index is 660. The van der Waals surface area contributed by atoms with E-state index in [0.717, 1.165) is 44.2 Å². The second kappa shape index (κ2) is 6.27. The van der Waals surface area contributed by atoms with Crippen LogP contribution in [0.2, 0.25) is 0 Å². The summed E-state index contributed by atoms with van der Waals surface area (Å²) >= 11 is 0. The third kappa shape index (κ3) is 3.33. The quantitative estimate of drug-likeness (QED) is 0.836. The second-order valence-electron chi connectivity index (χ2n) is 5.61. The summed E-state index contributed by atoms with van der Waals surface area (Å²) in [5, 5.41) is 15.2. The predicted octanol–water partition coefficient (Wildman–Crippen LogP) is -0.0651. The lowest BCUT2D eigenvalue weighted by molar-refractivity contribution is -0.119. The fourth-order valence-corrected chi connectivity index (χ4v) is 2.65. The number of nitrogens with one attached hydrogen (secondary N) is 1. The standard InChI is InChI=1S/C14H21N7O/c1-11-17-16-10-20(11)5-3-19-4-6-21-14(9-19)7-13(18-21)8-15-12(2)22/h7,10H,3-6,8-9H2,1-2H3,(H,15,22). The van der Waals surface area contributed by atoms with Gasteiger partial charge in [-0.05, 0) is 13.0 Å². The Balaban J connectivity index is 1.56. The largest absolute Gasteiger partial charge is 0.351 e. The highest BCUT2D eigenvalue weighted by atomic mass is 16.1. The summed E-state index contributed by atoms with van der Waals surface area (Å²) in [6, 6.07) is 2.08.